The molecular weight excluding hydrogens is 340 g/mol. The quantitative estimate of drug-likeness (QED) is 0.577. The Morgan fingerprint density at radius 2 is 2.12 bits per heavy atom. The largest absolute Gasteiger partial charge is 0.449 e. The zero-order valence-corrected chi connectivity index (χ0v) is 15.8. The molecule has 1 amide bonds. The van der Waals surface area contributed by atoms with E-state index < -0.39 is 12.1 Å². The van der Waals surface area contributed by atoms with Crippen molar-refractivity contribution >= 4 is 23.2 Å². The van der Waals surface area contributed by atoms with E-state index in [1.165, 1.54) is 4.88 Å². The van der Waals surface area contributed by atoms with E-state index in [0.29, 0.717) is 18.7 Å². The fraction of sp³-hybridized carbons (Fsp3) is 0.444. The molecule has 0 saturated carbocycles. The van der Waals surface area contributed by atoms with Gasteiger partial charge in [0, 0.05) is 29.9 Å². The number of amides is 1. The molecular formula is C18H24N2O4S. The van der Waals surface area contributed by atoms with Crippen LogP contribution >= 0.6 is 11.3 Å². The minimum absolute atomic E-state index is 0.335. The number of thiophene rings is 1. The van der Waals surface area contributed by atoms with Crippen molar-refractivity contribution in [2.75, 3.05) is 20.3 Å². The van der Waals surface area contributed by atoms with Crippen molar-refractivity contribution in [2.24, 2.45) is 0 Å². The first-order valence-corrected chi connectivity index (χ1v) is 8.98. The monoisotopic (exact) mass is 364 g/mol. The average Bonchev–Trinajstić information content (AvgIpc) is 3.18. The van der Waals surface area contributed by atoms with E-state index >= 15 is 0 Å². The second kappa shape index (κ2) is 8.82. The van der Waals surface area contributed by atoms with E-state index in [0.717, 1.165) is 17.9 Å². The van der Waals surface area contributed by atoms with E-state index in [1.807, 2.05) is 25.3 Å². The minimum Gasteiger partial charge on any atom is -0.449 e. The van der Waals surface area contributed by atoms with Crippen LogP contribution in [0.3, 0.4) is 0 Å². The van der Waals surface area contributed by atoms with Crippen molar-refractivity contribution in [3.05, 3.63) is 45.4 Å². The maximum absolute atomic E-state index is 12.4. The van der Waals surface area contributed by atoms with Gasteiger partial charge in [0.2, 0.25) is 0 Å². The number of rotatable bonds is 8. The molecule has 7 heteroatoms. The average molecular weight is 364 g/mol. The normalized spacial score (nSPS) is 12.0. The predicted molar refractivity (Wildman–Crippen MR) is 97.1 cm³/mol. The molecule has 0 radical (unpaired) electrons. The van der Waals surface area contributed by atoms with E-state index in [2.05, 4.69) is 16.0 Å². The lowest BCUT2D eigenvalue weighted by atomic mass is 10.2. The molecule has 0 fully saturated rings. The topological polar surface area (TPSA) is 69.6 Å². The Kier molecular flexibility index (Phi) is 6.78. The number of carbonyl (C=O) groups excluding carboxylic acids is 2. The third kappa shape index (κ3) is 4.93. The number of esters is 1. The Labute approximate surface area is 151 Å². The molecule has 0 aliphatic rings. The first kappa shape index (κ1) is 19.2. The van der Waals surface area contributed by atoms with Crippen LogP contribution in [0.4, 0.5) is 0 Å². The van der Waals surface area contributed by atoms with Crippen LogP contribution in [0.1, 0.15) is 33.5 Å². The molecule has 0 aliphatic carbocycles. The number of hydrogen-bond donors (Lipinski definition) is 1. The molecule has 0 unspecified atom stereocenters. The summed E-state index contributed by atoms with van der Waals surface area (Å²) in [7, 11) is 1.56. The van der Waals surface area contributed by atoms with Gasteiger partial charge in [0.1, 0.15) is 0 Å². The number of hydrogen-bond acceptors (Lipinski definition) is 5. The van der Waals surface area contributed by atoms with Gasteiger partial charge in [-0.3, -0.25) is 4.79 Å². The summed E-state index contributed by atoms with van der Waals surface area (Å²) in [5.74, 6) is -0.822. The molecule has 0 spiro atoms. The molecule has 2 aromatic rings. The highest BCUT2D eigenvalue weighted by Crippen LogP contribution is 2.20. The number of nitrogens with one attached hydrogen (secondary N) is 1. The molecule has 0 aliphatic heterocycles. The Hall–Kier alpha value is -2.12. The lowest BCUT2D eigenvalue weighted by Crippen LogP contribution is -2.37. The maximum atomic E-state index is 12.4. The molecule has 2 aromatic heterocycles. The van der Waals surface area contributed by atoms with E-state index in [4.69, 9.17) is 9.47 Å². The number of carbonyl (C=O) groups is 2. The maximum Gasteiger partial charge on any atom is 0.340 e. The Balaban J connectivity index is 2.03. The molecule has 2 rings (SSSR count). The van der Waals surface area contributed by atoms with Gasteiger partial charge in [0.25, 0.3) is 5.91 Å². The second-order valence-corrected chi connectivity index (χ2v) is 6.81. The predicted octanol–water partition coefficient (Wildman–Crippen LogP) is 2.52. The Morgan fingerprint density at radius 1 is 1.36 bits per heavy atom. The third-order valence-electron chi connectivity index (χ3n) is 3.95. The summed E-state index contributed by atoms with van der Waals surface area (Å²) in [6.07, 6.45) is -0.857. The zero-order chi connectivity index (χ0) is 18.4. The van der Waals surface area contributed by atoms with Crippen LogP contribution in [0.2, 0.25) is 0 Å². The van der Waals surface area contributed by atoms with Crippen molar-refractivity contribution in [3.63, 3.8) is 0 Å². The van der Waals surface area contributed by atoms with Crippen LogP contribution in [0.15, 0.2) is 23.6 Å². The first-order chi connectivity index (χ1) is 11.9. The Morgan fingerprint density at radius 3 is 2.76 bits per heavy atom. The highest BCUT2D eigenvalue weighted by Gasteiger charge is 2.22. The SMILES string of the molecule is COCCNC(=O)[C@@H](C)OC(=O)c1cc(C)n(Cc2cccs2)c1C. The lowest BCUT2D eigenvalue weighted by Gasteiger charge is -2.13. The van der Waals surface area contributed by atoms with Gasteiger partial charge in [0.15, 0.2) is 6.10 Å². The molecule has 0 aromatic carbocycles. The van der Waals surface area contributed by atoms with Crippen LogP contribution in [-0.2, 0) is 20.8 Å². The van der Waals surface area contributed by atoms with Gasteiger partial charge in [-0.1, -0.05) is 6.07 Å². The summed E-state index contributed by atoms with van der Waals surface area (Å²) in [6, 6.07) is 5.88. The van der Waals surface area contributed by atoms with E-state index in [-0.39, 0.29) is 5.91 Å². The third-order valence-corrected chi connectivity index (χ3v) is 4.81. The summed E-state index contributed by atoms with van der Waals surface area (Å²) in [6.45, 7) is 6.92. The van der Waals surface area contributed by atoms with Crippen LogP contribution in [0.25, 0.3) is 0 Å². The van der Waals surface area contributed by atoms with Crippen molar-refractivity contribution in [2.45, 2.75) is 33.4 Å². The standard InChI is InChI=1S/C18H24N2O4S/c1-12-10-16(13(2)20(12)11-15-6-5-9-25-15)18(22)24-14(3)17(21)19-7-8-23-4/h5-6,9-10,14H,7-8,11H2,1-4H3,(H,19,21)/t14-/m1/s1. The number of methoxy groups -OCH3 is 1. The molecule has 0 bridgehead atoms. The highest BCUT2D eigenvalue weighted by molar-refractivity contribution is 7.09. The molecule has 1 N–H and O–H groups in total. The van der Waals surface area contributed by atoms with Crippen molar-refractivity contribution < 1.29 is 19.1 Å². The summed E-state index contributed by atoms with van der Waals surface area (Å²) in [5.41, 5.74) is 2.31. The summed E-state index contributed by atoms with van der Waals surface area (Å²) in [5, 5.41) is 4.69. The highest BCUT2D eigenvalue weighted by atomic mass is 32.1. The van der Waals surface area contributed by atoms with Gasteiger partial charge in [0.05, 0.1) is 18.7 Å². The second-order valence-electron chi connectivity index (χ2n) is 5.78. The number of aromatic nitrogens is 1. The van der Waals surface area contributed by atoms with Gasteiger partial charge in [-0.25, -0.2) is 4.79 Å². The molecule has 0 saturated heterocycles. The molecule has 2 heterocycles. The number of ether oxygens (including phenoxy) is 2. The van der Waals surface area contributed by atoms with Crippen LogP contribution in [-0.4, -0.2) is 42.8 Å². The molecule has 25 heavy (non-hydrogen) atoms. The first-order valence-electron chi connectivity index (χ1n) is 8.10. The zero-order valence-electron chi connectivity index (χ0n) is 15.0. The van der Waals surface area contributed by atoms with Crippen molar-refractivity contribution in [1.82, 2.24) is 9.88 Å². The molecule has 1 atom stereocenters. The number of aryl methyl sites for hydroxylation is 1. The Bertz CT molecular complexity index is 722. The van der Waals surface area contributed by atoms with Gasteiger partial charge < -0.3 is 19.4 Å². The summed E-state index contributed by atoms with van der Waals surface area (Å²) < 4.78 is 12.3. The lowest BCUT2D eigenvalue weighted by molar-refractivity contribution is -0.129. The fourth-order valence-corrected chi connectivity index (χ4v) is 3.20. The van der Waals surface area contributed by atoms with Gasteiger partial charge in [-0.05, 0) is 38.3 Å². The smallest absolute Gasteiger partial charge is 0.340 e. The van der Waals surface area contributed by atoms with E-state index in [1.54, 1.807) is 31.4 Å². The summed E-state index contributed by atoms with van der Waals surface area (Å²) >= 11 is 1.68. The summed E-state index contributed by atoms with van der Waals surface area (Å²) in [4.78, 5) is 25.6. The van der Waals surface area contributed by atoms with Crippen molar-refractivity contribution in [3.8, 4) is 0 Å². The van der Waals surface area contributed by atoms with Crippen LogP contribution in [0.5, 0.6) is 0 Å². The van der Waals surface area contributed by atoms with Gasteiger partial charge in [-0.15, -0.1) is 11.3 Å². The number of nitrogens with zero attached hydrogens (tertiary/aromatic N) is 1. The molecule has 6 nitrogen and oxygen atoms in total. The van der Waals surface area contributed by atoms with Gasteiger partial charge in [-0.2, -0.15) is 0 Å². The fourth-order valence-electron chi connectivity index (χ4n) is 2.51. The van der Waals surface area contributed by atoms with Gasteiger partial charge >= 0.3 is 5.97 Å². The van der Waals surface area contributed by atoms with Crippen LogP contribution in [0, 0.1) is 13.8 Å². The minimum atomic E-state index is -0.857. The van der Waals surface area contributed by atoms with E-state index in [9.17, 15) is 9.59 Å². The van der Waals surface area contributed by atoms with Crippen LogP contribution < -0.4 is 5.32 Å². The molecule has 136 valence electrons. The van der Waals surface area contributed by atoms with Crippen molar-refractivity contribution in [1.29, 1.82) is 0 Å².